The number of fused-ring (bicyclic) bond motifs is 2. The van der Waals surface area contributed by atoms with Crippen LogP contribution in [0.25, 0.3) is 32.1 Å². The van der Waals surface area contributed by atoms with Crippen LogP contribution >= 0.6 is 7.76 Å². The van der Waals surface area contributed by atoms with E-state index in [1.807, 2.05) is 54.6 Å². The molecule has 3 aromatic carbocycles. The highest BCUT2D eigenvalue weighted by molar-refractivity contribution is 7.54. The van der Waals surface area contributed by atoms with Crippen LogP contribution < -0.4 is 4.89 Å². The molecule has 1 atom stereocenters. The smallest absolute Gasteiger partial charge is 0.153 e. The number of hydrogen-bond acceptors (Lipinski definition) is 1. The second-order valence-corrected chi connectivity index (χ2v) is 6.65. The van der Waals surface area contributed by atoms with Crippen LogP contribution in [0.2, 0.25) is 0 Å². The van der Waals surface area contributed by atoms with E-state index in [2.05, 4.69) is 24.3 Å². The summed E-state index contributed by atoms with van der Waals surface area (Å²) in [6.07, 6.45) is 0. The Labute approximate surface area is 124 Å². The van der Waals surface area contributed by atoms with Gasteiger partial charge in [-0.1, -0.05) is 60.7 Å². The van der Waals surface area contributed by atoms with Crippen molar-refractivity contribution in [3.63, 3.8) is 0 Å². The Morgan fingerprint density at radius 2 is 1.38 bits per heavy atom. The molecule has 0 radical (unpaired) electrons. The molecular weight excluding hydrogens is 275 g/mol. The van der Waals surface area contributed by atoms with Gasteiger partial charge in [-0.05, 0) is 29.3 Å². The third kappa shape index (κ3) is 2.03. The standard InChI is InChI=1S/C19H13OP/c20-21-18-11-5-4-9-15(18)13-17-16(10-6-12-19(17)21)14-7-2-1-3-8-14/h1-13H. The van der Waals surface area contributed by atoms with Crippen LogP contribution in [0.4, 0.5) is 0 Å². The van der Waals surface area contributed by atoms with Crippen molar-refractivity contribution in [1.82, 2.24) is 0 Å². The number of hydrogen-bond donors (Lipinski definition) is 0. The van der Waals surface area contributed by atoms with Crippen LogP contribution in [0.5, 0.6) is 0 Å². The van der Waals surface area contributed by atoms with Crippen LogP contribution in [0, 0.1) is 0 Å². The summed E-state index contributed by atoms with van der Waals surface area (Å²) in [7, 11) is -1.51. The van der Waals surface area contributed by atoms with E-state index in [4.69, 9.17) is 0 Å². The van der Waals surface area contributed by atoms with Crippen molar-refractivity contribution in [3.8, 4) is 11.1 Å². The molecule has 0 amide bonds. The summed E-state index contributed by atoms with van der Waals surface area (Å²) in [5.74, 6) is 0. The first kappa shape index (κ1) is 12.5. The molecule has 4 rings (SSSR count). The van der Waals surface area contributed by atoms with E-state index in [-0.39, 0.29) is 0 Å². The summed E-state index contributed by atoms with van der Waals surface area (Å²) in [6.45, 7) is 0. The van der Waals surface area contributed by atoms with E-state index in [0.29, 0.717) is 0 Å². The van der Waals surface area contributed by atoms with Crippen molar-refractivity contribution < 1.29 is 4.89 Å². The molecule has 1 heterocycles. The van der Waals surface area contributed by atoms with Gasteiger partial charge in [0.05, 0.1) is 7.76 Å². The molecule has 0 bridgehead atoms. The Bertz CT molecular complexity index is 945. The molecular formula is C19H13OP. The maximum atomic E-state index is 12.8. The van der Waals surface area contributed by atoms with Gasteiger partial charge < -0.3 is 4.89 Å². The Morgan fingerprint density at radius 1 is 0.667 bits per heavy atom. The van der Waals surface area contributed by atoms with Gasteiger partial charge in [0.25, 0.3) is 0 Å². The Morgan fingerprint density at radius 3 is 2.24 bits per heavy atom. The molecule has 21 heavy (non-hydrogen) atoms. The summed E-state index contributed by atoms with van der Waals surface area (Å²) >= 11 is 0. The first-order valence-corrected chi connectivity index (χ1v) is 8.20. The molecule has 0 spiro atoms. The quantitative estimate of drug-likeness (QED) is 0.449. The molecule has 0 aliphatic rings. The first-order valence-electron chi connectivity index (χ1n) is 6.94. The van der Waals surface area contributed by atoms with Crippen molar-refractivity contribution in [2.24, 2.45) is 0 Å². The predicted molar refractivity (Wildman–Crippen MR) is 89.4 cm³/mol. The summed E-state index contributed by atoms with van der Waals surface area (Å²) in [4.78, 5) is 12.8. The minimum Gasteiger partial charge on any atom is -0.625 e. The fourth-order valence-electron chi connectivity index (χ4n) is 2.83. The summed E-state index contributed by atoms with van der Waals surface area (Å²) in [5.41, 5.74) is 2.30. The topological polar surface area (TPSA) is 23.1 Å². The molecule has 0 saturated heterocycles. The third-order valence-corrected chi connectivity index (χ3v) is 5.51. The molecule has 100 valence electrons. The fraction of sp³-hybridized carbons (Fsp3) is 0. The lowest BCUT2D eigenvalue weighted by Crippen LogP contribution is -1.89. The van der Waals surface area contributed by atoms with Crippen molar-refractivity contribution in [1.29, 1.82) is 0 Å². The lowest BCUT2D eigenvalue weighted by atomic mass is 10.0. The molecule has 1 nitrogen and oxygen atoms in total. The van der Waals surface area contributed by atoms with Crippen molar-refractivity contribution in [2.75, 3.05) is 0 Å². The third-order valence-electron chi connectivity index (χ3n) is 3.84. The zero-order valence-electron chi connectivity index (χ0n) is 11.4. The SMILES string of the molecule is [O-][p+]1c2ccccc2cc2c(-c3ccccc3)cccc21. The average Bonchev–Trinajstić information content (AvgIpc) is 2.56. The molecule has 1 unspecified atom stereocenters. The van der Waals surface area contributed by atoms with E-state index in [9.17, 15) is 4.89 Å². The Kier molecular flexibility index (Phi) is 2.96. The minimum absolute atomic E-state index is 0.935. The zero-order valence-corrected chi connectivity index (χ0v) is 12.3. The lowest BCUT2D eigenvalue weighted by molar-refractivity contribution is -0.148. The first-order chi connectivity index (χ1) is 10.3. The minimum atomic E-state index is -1.51. The van der Waals surface area contributed by atoms with E-state index >= 15 is 0 Å². The van der Waals surface area contributed by atoms with Gasteiger partial charge in [-0.3, -0.25) is 0 Å². The van der Waals surface area contributed by atoms with Gasteiger partial charge in [-0.15, -0.1) is 0 Å². The maximum Gasteiger partial charge on any atom is 0.153 e. The van der Waals surface area contributed by atoms with Crippen LogP contribution in [-0.2, 0) is 0 Å². The highest BCUT2D eigenvalue weighted by Crippen LogP contribution is 2.42. The van der Waals surface area contributed by atoms with E-state index in [1.165, 1.54) is 0 Å². The molecule has 0 saturated carbocycles. The van der Waals surface area contributed by atoms with Crippen LogP contribution in [-0.4, -0.2) is 0 Å². The van der Waals surface area contributed by atoms with Gasteiger partial charge in [0.1, 0.15) is 0 Å². The van der Waals surface area contributed by atoms with Gasteiger partial charge >= 0.3 is 0 Å². The van der Waals surface area contributed by atoms with E-state index < -0.39 is 7.76 Å². The molecule has 2 heteroatoms. The monoisotopic (exact) mass is 288 g/mol. The van der Waals surface area contributed by atoms with Crippen LogP contribution in [0.15, 0.2) is 78.9 Å². The molecule has 1 aromatic heterocycles. The van der Waals surface area contributed by atoms with Gasteiger partial charge in [-0.2, -0.15) is 0 Å². The van der Waals surface area contributed by atoms with Crippen molar-refractivity contribution >= 4 is 28.8 Å². The van der Waals surface area contributed by atoms with Crippen molar-refractivity contribution in [2.45, 2.75) is 0 Å². The molecule has 0 N–H and O–H groups in total. The highest BCUT2D eigenvalue weighted by atomic mass is 31.1. The van der Waals surface area contributed by atoms with Gasteiger partial charge in [0.15, 0.2) is 10.2 Å². The predicted octanol–water partition coefficient (Wildman–Crippen LogP) is 5.05. The van der Waals surface area contributed by atoms with Crippen LogP contribution in [0.1, 0.15) is 0 Å². The number of benzene rings is 3. The van der Waals surface area contributed by atoms with Gasteiger partial charge in [-0.25, -0.2) is 0 Å². The molecule has 0 aliphatic carbocycles. The molecule has 0 aliphatic heterocycles. The Hall–Kier alpha value is -2.21. The second-order valence-electron chi connectivity index (χ2n) is 5.10. The second kappa shape index (κ2) is 4.96. The summed E-state index contributed by atoms with van der Waals surface area (Å²) in [6, 6.07) is 26.4. The fourth-order valence-corrected chi connectivity index (χ4v) is 4.31. The average molecular weight is 288 g/mol. The number of rotatable bonds is 1. The summed E-state index contributed by atoms with van der Waals surface area (Å²) in [5, 5.41) is 4.02. The van der Waals surface area contributed by atoms with Gasteiger partial charge in [0, 0.05) is 10.8 Å². The normalized spacial score (nSPS) is 12.0. The van der Waals surface area contributed by atoms with E-state index in [0.717, 1.165) is 32.1 Å². The zero-order chi connectivity index (χ0) is 14.2. The highest BCUT2D eigenvalue weighted by Gasteiger charge is 2.13. The molecule has 0 fully saturated rings. The summed E-state index contributed by atoms with van der Waals surface area (Å²) < 4.78 is 0. The van der Waals surface area contributed by atoms with Crippen LogP contribution in [0.3, 0.4) is 0 Å². The van der Waals surface area contributed by atoms with Crippen molar-refractivity contribution in [3.05, 3.63) is 78.9 Å². The van der Waals surface area contributed by atoms with Gasteiger partial charge in [0.2, 0.25) is 0 Å². The Balaban J connectivity index is 2.15. The lowest BCUT2D eigenvalue weighted by Gasteiger charge is -2.08. The maximum absolute atomic E-state index is 12.8. The molecule has 4 aromatic rings. The van der Waals surface area contributed by atoms with E-state index in [1.54, 1.807) is 0 Å². The largest absolute Gasteiger partial charge is 0.625 e.